The van der Waals surface area contributed by atoms with Gasteiger partial charge < -0.3 is 25.3 Å². The molecule has 0 aliphatic rings. The van der Waals surface area contributed by atoms with Crippen LogP contribution in [0.3, 0.4) is 0 Å². The van der Waals surface area contributed by atoms with Crippen LogP contribution in [0.25, 0.3) is 10.9 Å². The summed E-state index contributed by atoms with van der Waals surface area (Å²) in [5.41, 5.74) is 3.02. The van der Waals surface area contributed by atoms with Crippen molar-refractivity contribution < 1.29 is 9.13 Å². The van der Waals surface area contributed by atoms with Crippen LogP contribution in [-0.2, 0) is 13.0 Å². The Kier molecular flexibility index (Phi) is 8.29. The molecule has 0 atom stereocenters. The number of nitrogens with zero attached hydrogens (tertiary/aromatic N) is 2. The Morgan fingerprint density at radius 2 is 1.97 bits per heavy atom. The van der Waals surface area contributed by atoms with E-state index in [2.05, 4.69) is 20.5 Å². The van der Waals surface area contributed by atoms with E-state index in [9.17, 15) is 4.39 Å². The molecule has 0 fully saturated rings. The molecule has 0 amide bonds. The highest BCUT2D eigenvalue weighted by Gasteiger charge is 2.07. The molecule has 0 unspecified atom stereocenters. The van der Waals surface area contributed by atoms with Gasteiger partial charge in [0.2, 0.25) is 0 Å². The molecule has 0 aliphatic carbocycles. The van der Waals surface area contributed by atoms with Crippen LogP contribution in [0, 0.1) is 5.82 Å². The lowest BCUT2D eigenvalue weighted by Gasteiger charge is -2.14. The fourth-order valence-corrected chi connectivity index (χ4v) is 3.30. The molecule has 6 nitrogen and oxygen atoms in total. The zero-order chi connectivity index (χ0) is 22.1. The zero-order valence-electron chi connectivity index (χ0n) is 18.5. The zero-order valence-corrected chi connectivity index (χ0v) is 18.5. The molecule has 3 aromatic rings. The van der Waals surface area contributed by atoms with Crippen LogP contribution in [0.5, 0.6) is 5.75 Å². The third-order valence-electron chi connectivity index (χ3n) is 4.94. The first kappa shape index (κ1) is 22.6. The maximum Gasteiger partial charge on any atom is 0.191 e. The van der Waals surface area contributed by atoms with Crippen LogP contribution in [0.2, 0.25) is 0 Å². The van der Waals surface area contributed by atoms with E-state index >= 15 is 0 Å². The van der Waals surface area contributed by atoms with E-state index in [1.54, 1.807) is 0 Å². The second-order valence-corrected chi connectivity index (χ2v) is 7.64. The molecule has 0 radical (unpaired) electrons. The molecule has 7 heteroatoms. The third-order valence-corrected chi connectivity index (χ3v) is 4.94. The van der Waals surface area contributed by atoms with Crippen molar-refractivity contribution in [2.45, 2.75) is 19.9 Å². The number of guanidine groups is 1. The number of para-hydroxylation sites is 1. The number of aromatic amines is 1. The molecule has 0 bridgehead atoms. The van der Waals surface area contributed by atoms with Gasteiger partial charge in [0.15, 0.2) is 5.96 Å². The topological polar surface area (TPSA) is 64.7 Å². The summed E-state index contributed by atoms with van der Waals surface area (Å²) in [5, 5.41) is 7.73. The van der Waals surface area contributed by atoms with Gasteiger partial charge in [-0.3, -0.25) is 0 Å². The number of hydrogen-bond donors (Lipinski definition) is 3. The van der Waals surface area contributed by atoms with Gasteiger partial charge in [-0.2, -0.15) is 0 Å². The number of ether oxygens (including phenoxy) is 1. The largest absolute Gasteiger partial charge is 0.492 e. The van der Waals surface area contributed by atoms with E-state index in [1.165, 1.54) is 12.1 Å². The van der Waals surface area contributed by atoms with Crippen molar-refractivity contribution in [1.29, 1.82) is 0 Å². The van der Waals surface area contributed by atoms with Crippen molar-refractivity contribution in [3.8, 4) is 5.75 Å². The van der Waals surface area contributed by atoms with Crippen LogP contribution in [0.4, 0.5) is 4.39 Å². The highest BCUT2D eigenvalue weighted by atomic mass is 19.1. The molecule has 2 aromatic carbocycles. The van der Waals surface area contributed by atoms with E-state index in [0.717, 1.165) is 59.8 Å². The van der Waals surface area contributed by atoms with Gasteiger partial charge in [-0.05, 0) is 57.3 Å². The Bertz CT molecular complexity index is 999. The summed E-state index contributed by atoms with van der Waals surface area (Å²) in [4.78, 5) is 9.96. The van der Waals surface area contributed by atoms with Gasteiger partial charge >= 0.3 is 0 Å². The van der Waals surface area contributed by atoms with Gasteiger partial charge in [-0.15, -0.1) is 0 Å². The molecule has 3 rings (SSSR count). The molecule has 3 N–H and O–H groups in total. The molecule has 0 saturated carbocycles. The lowest BCUT2D eigenvalue weighted by molar-refractivity contribution is 0.259. The number of nitrogens with one attached hydrogen (secondary N) is 3. The summed E-state index contributed by atoms with van der Waals surface area (Å²) in [7, 11) is 4.06. The first-order valence-corrected chi connectivity index (χ1v) is 10.7. The molecule has 0 saturated heterocycles. The summed E-state index contributed by atoms with van der Waals surface area (Å²) in [6.07, 6.45) is 2.75. The monoisotopic (exact) mass is 425 g/mol. The predicted octanol–water partition coefficient (Wildman–Crippen LogP) is 3.55. The number of aromatic nitrogens is 1. The van der Waals surface area contributed by atoms with Crippen LogP contribution in [-0.4, -0.2) is 56.2 Å². The molecular weight excluding hydrogens is 393 g/mol. The molecular formula is C24H32FN5O. The standard InChI is InChI=1S/C24H32FN5O/c1-4-26-24(27-12-11-18-16-28-22-15-20(25)9-10-21(18)22)29-17-19-7-5-6-8-23(19)31-14-13-30(2)3/h5-10,15-16,28H,4,11-14,17H2,1-3H3,(H2,26,27,29). The number of rotatable bonds is 10. The second-order valence-electron chi connectivity index (χ2n) is 7.64. The van der Waals surface area contributed by atoms with Crippen LogP contribution < -0.4 is 15.4 Å². The molecule has 1 aromatic heterocycles. The fourth-order valence-electron chi connectivity index (χ4n) is 3.30. The van der Waals surface area contributed by atoms with E-state index in [0.29, 0.717) is 13.2 Å². The minimum Gasteiger partial charge on any atom is -0.492 e. The SMILES string of the molecule is CCNC(=NCc1ccccc1OCCN(C)C)NCCc1c[nH]c2cc(F)ccc12. The minimum absolute atomic E-state index is 0.230. The number of H-pyrrole nitrogens is 1. The van der Waals surface area contributed by atoms with Crippen molar-refractivity contribution in [1.82, 2.24) is 20.5 Å². The summed E-state index contributed by atoms with van der Waals surface area (Å²) in [5.74, 6) is 1.40. The van der Waals surface area contributed by atoms with Crippen molar-refractivity contribution in [3.05, 3.63) is 65.6 Å². The lowest BCUT2D eigenvalue weighted by atomic mass is 10.1. The summed E-state index contributed by atoms with van der Waals surface area (Å²) in [6.45, 7) is 5.57. The maximum atomic E-state index is 13.4. The molecule has 0 spiro atoms. The van der Waals surface area contributed by atoms with E-state index < -0.39 is 0 Å². The number of fused-ring (bicyclic) bond motifs is 1. The van der Waals surface area contributed by atoms with E-state index in [-0.39, 0.29) is 5.82 Å². The predicted molar refractivity (Wildman–Crippen MR) is 125 cm³/mol. The normalized spacial score (nSPS) is 11.8. The van der Waals surface area contributed by atoms with Gasteiger partial charge in [0.25, 0.3) is 0 Å². The number of aliphatic imine (C=N–C) groups is 1. The highest BCUT2D eigenvalue weighted by Crippen LogP contribution is 2.20. The second kappa shape index (κ2) is 11.4. The Labute approximate surface area is 183 Å². The van der Waals surface area contributed by atoms with Crippen LogP contribution in [0.15, 0.2) is 53.7 Å². The van der Waals surface area contributed by atoms with Gasteiger partial charge in [0.1, 0.15) is 18.2 Å². The Balaban J connectivity index is 1.59. The summed E-state index contributed by atoms with van der Waals surface area (Å²) in [6, 6.07) is 12.9. The fraction of sp³-hybridized carbons (Fsp3) is 0.375. The van der Waals surface area contributed by atoms with Crippen LogP contribution >= 0.6 is 0 Å². The Hall–Kier alpha value is -3.06. The average Bonchev–Trinajstić information content (AvgIpc) is 3.14. The van der Waals surface area contributed by atoms with Gasteiger partial charge in [0, 0.05) is 42.3 Å². The Morgan fingerprint density at radius 1 is 1.13 bits per heavy atom. The smallest absolute Gasteiger partial charge is 0.191 e. The third kappa shape index (κ3) is 6.72. The highest BCUT2D eigenvalue weighted by molar-refractivity contribution is 5.83. The van der Waals surface area contributed by atoms with Gasteiger partial charge in [-0.1, -0.05) is 18.2 Å². The lowest BCUT2D eigenvalue weighted by Crippen LogP contribution is -2.38. The van der Waals surface area contributed by atoms with Crippen molar-refractivity contribution in [3.63, 3.8) is 0 Å². The van der Waals surface area contributed by atoms with Crippen LogP contribution in [0.1, 0.15) is 18.1 Å². The number of halogens is 1. The number of benzene rings is 2. The van der Waals surface area contributed by atoms with Crippen molar-refractivity contribution in [2.24, 2.45) is 4.99 Å². The minimum atomic E-state index is -0.230. The van der Waals surface area contributed by atoms with E-state index in [1.807, 2.05) is 57.5 Å². The number of likely N-dealkylation sites (N-methyl/N-ethyl adjacent to an activating group) is 1. The summed E-state index contributed by atoms with van der Waals surface area (Å²) < 4.78 is 19.3. The molecule has 0 aliphatic heterocycles. The van der Waals surface area contributed by atoms with Gasteiger partial charge in [-0.25, -0.2) is 9.38 Å². The first-order chi connectivity index (χ1) is 15.1. The molecule has 1 heterocycles. The first-order valence-electron chi connectivity index (χ1n) is 10.7. The molecule has 166 valence electrons. The van der Waals surface area contributed by atoms with E-state index in [4.69, 9.17) is 9.73 Å². The Morgan fingerprint density at radius 3 is 2.77 bits per heavy atom. The molecule has 31 heavy (non-hydrogen) atoms. The average molecular weight is 426 g/mol. The van der Waals surface area contributed by atoms with Gasteiger partial charge in [0.05, 0.1) is 6.54 Å². The quantitative estimate of drug-likeness (QED) is 0.343. The van der Waals surface area contributed by atoms with Crippen molar-refractivity contribution >= 4 is 16.9 Å². The van der Waals surface area contributed by atoms with Crippen molar-refractivity contribution in [2.75, 3.05) is 40.3 Å². The number of hydrogen-bond acceptors (Lipinski definition) is 3. The summed E-state index contributed by atoms with van der Waals surface area (Å²) >= 11 is 0. The maximum absolute atomic E-state index is 13.4.